The maximum Gasteiger partial charge on any atom is 0.186 e. The van der Waals surface area contributed by atoms with Crippen molar-refractivity contribution in [3.8, 4) is 11.5 Å². The van der Waals surface area contributed by atoms with E-state index in [1.54, 1.807) is 14.2 Å². The topological polar surface area (TPSA) is 30.8 Å². The molecule has 4 heteroatoms. The number of methoxy groups -OCH3 is 2. The minimum absolute atomic E-state index is 0.646. The zero-order valence-electron chi connectivity index (χ0n) is 10.8. The van der Waals surface area contributed by atoms with Gasteiger partial charge in [-0.15, -0.1) is 0 Å². The zero-order chi connectivity index (χ0) is 13.7. The lowest BCUT2D eigenvalue weighted by molar-refractivity contribution is 0.356. The van der Waals surface area contributed by atoms with E-state index in [1.165, 1.54) is 0 Å². The van der Waals surface area contributed by atoms with Crippen LogP contribution in [-0.2, 0) is 0 Å². The maximum atomic E-state index is 5.35. The first-order valence-corrected chi connectivity index (χ1v) is 6.83. The third-order valence-electron chi connectivity index (χ3n) is 2.63. The molecule has 0 fully saturated rings. The van der Waals surface area contributed by atoms with Crippen LogP contribution in [-0.4, -0.2) is 20.4 Å². The second-order valence-electron chi connectivity index (χ2n) is 3.79. The van der Waals surface area contributed by atoms with Gasteiger partial charge in [0, 0.05) is 15.3 Å². The lowest BCUT2D eigenvalue weighted by Crippen LogP contribution is -1.91. The molecule has 0 aromatic heterocycles. The summed E-state index contributed by atoms with van der Waals surface area (Å²) in [6.07, 6.45) is 1.83. The van der Waals surface area contributed by atoms with E-state index in [0.29, 0.717) is 11.5 Å². The Balaban J connectivity index is 2.36. The van der Waals surface area contributed by atoms with Crippen LogP contribution in [0, 0.1) is 3.57 Å². The first-order valence-electron chi connectivity index (χ1n) is 5.76. The summed E-state index contributed by atoms with van der Waals surface area (Å²) >= 11 is 2.29. The second kappa shape index (κ2) is 6.56. The van der Waals surface area contributed by atoms with Gasteiger partial charge in [-0.3, -0.25) is 4.99 Å². The highest BCUT2D eigenvalue weighted by molar-refractivity contribution is 14.1. The van der Waals surface area contributed by atoms with Gasteiger partial charge in [-0.2, -0.15) is 0 Å². The van der Waals surface area contributed by atoms with Gasteiger partial charge in [-0.05, 0) is 40.8 Å². The summed E-state index contributed by atoms with van der Waals surface area (Å²) in [5, 5.41) is 0. The summed E-state index contributed by atoms with van der Waals surface area (Å²) in [6.45, 7) is 0. The van der Waals surface area contributed by atoms with Gasteiger partial charge in [-0.1, -0.05) is 24.3 Å². The molecule has 3 nitrogen and oxygen atoms in total. The summed E-state index contributed by atoms with van der Waals surface area (Å²) in [5.41, 5.74) is 1.83. The predicted molar refractivity (Wildman–Crippen MR) is 86.0 cm³/mol. The molecule has 2 rings (SSSR count). The van der Waals surface area contributed by atoms with E-state index in [-0.39, 0.29) is 0 Å². The molecule has 0 amide bonds. The zero-order valence-corrected chi connectivity index (χ0v) is 12.9. The van der Waals surface area contributed by atoms with Crippen molar-refractivity contribution in [2.45, 2.75) is 0 Å². The van der Waals surface area contributed by atoms with Crippen LogP contribution in [0.1, 0.15) is 5.56 Å². The molecule has 19 heavy (non-hydrogen) atoms. The van der Waals surface area contributed by atoms with Gasteiger partial charge >= 0.3 is 0 Å². The highest BCUT2D eigenvalue weighted by Crippen LogP contribution is 2.36. The molecule has 0 aliphatic heterocycles. The van der Waals surface area contributed by atoms with Gasteiger partial charge in [0.25, 0.3) is 0 Å². The second-order valence-corrected chi connectivity index (χ2v) is 4.95. The molecule has 2 aromatic carbocycles. The van der Waals surface area contributed by atoms with Crippen molar-refractivity contribution in [1.82, 2.24) is 0 Å². The number of rotatable bonds is 4. The Labute approximate surface area is 126 Å². The fourth-order valence-corrected chi connectivity index (χ4v) is 2.22. The molecule has 98 valence electrons. The van der Waals surface area contributed by atoms with Crippen molar-refractivity contribution in [1.29, 1.82) is 0 Å². The van der Waals surface area contributed by atoms with Crippen LogP contribution in [0.2, 0.25) is 0 Å². The Kier molecular flexibility index (Phi) is 4.79. The number of hydrogen-bond donors (Lipinski definition) is 0. The van der Waals surface area contributed by atoms with E-state index >= 15 is 0 Å². The Morgan fingerprint density at radius 3 is 2.47 bits per heavy atom. The van der Waals surface area contributed by atoms with E-state index in [9.17, 15) is 0 Å². The summed E-state index contributed by atoms with van der Waals surface area (Å²) in [7, 11) is 3.23. The van der Waals surface area contributed by atoms with Gasteiger partial charge in [0.1, 0.15) is 5.69 Å². The molecule has 0 spiro atoms. The van der Waals surface area contributed by atoms with Crippen molar-refractivity contribution >= 4 is 34.5 Å². The lowest BCUT2D eigenvalue weighted by Gasteiger charge is -2.09. The van der Waals surface area contributed by atoms with E-state index in [1.807, 2.05) is 48.7 Å². The fraction of sp³-hybridized carbons (Fsp3) is 0.133. The largest absolute Gasteiger partial charge is 0.493 e. The van der Waals surface area contributed by atoms with Gasteiger partial charge in [0.05, 0.1) is 14.2 Å². The number of ether oxygens (including phenoxy) is 2. The predicted octanol–water partition coefficient (Wildman–Crippen LogP) is 4.06. The number of nitrogens with zero attached hydrogens (tertiary/aromatic N) is 1. The summed E-state index contributed by atoms with van der Waals surface area (Å²) in [6, 6.07) is 13.7. The Morgan fingerprint density at radius 2 is 1.79 bits per heavy atom. The monoisotopic (exact) mass is 367 g/mol. The van der Waals surface area contributed by atoms with Crippen molar-refractivity contribution in [3.63, 3.8) is 0 Å². The van der Waals surface area contributed by atoms with Crippen molar-refractivity contribution in [3.05, 3.63) is 51.6 Å². The summed E-state index contributed by atoms with van der Waals surface area (Å²) in [5.74, 6) is 1.33. The number of para-hydroxylation sites is 1. The van der Waals surface area contributed by atoms with Gasteiger partial charge in [0.2, 0.25) is 0 Å². The number of halogens is 1. The quantitative estimate of drug-likeness (QED) is 0.603. The smallest absolute Gasteiger partial charge is 0.186 e. The van der Waals surface area contributed by atoms with Gasteiger partial charge < -0.3 is 9.47 Å². The molecule has 0 radical (unpaired) electrons. The van der Waals surface area contributed by atoms with Crippen LogP contribution in [0.25, 0.3) is 0 Å². The highest BCUT2D eigenvalue weighted by atomic mass is 127. The van der Waals surface area contributed by atoms with Crippen molar-refractivity contribution in [2.75, 3.05) is 14.2 Å². The average Bonchev–Trinajstić information content (AvgIpc) is 2.45. The molecule has 0 bridgehead atoms. The molecule has 0 saturated heterocycles. The molecular formula is C15H14INO2. The molecular weight excluding hydrogens is 353 g/mol. The van der Waals surface area contributed by atoms with Crippen LogP contribution in [0.3, 0.4) is 0 Å². The molecule has 2 aromatic rings. The van der Waals surface area contributed by atoms with Crippen LogP contribution < -0.4 is 9.47 Å². The molecule has 0 N–H and O–H groups in total. The minimum atomic E-state index is 0.646. The van der Waals surface area contributed by atoms with E-state index in [0.717, 1.165) is 14.8 Å². The molecule has 0 saturated carbocycles. The Bertz CT molecular complexity index is 596. The first-order chi connectivity index (χ1) is 9.26. The summed E-state index contributed by atoms with van der Waals surface area (Å²) in [4.78, 5) is 4.48. The minimum Gasteiger partial charge on any atom is -0.493 e. The van der Waals surface area contributed by atoms with Gasteiger partial charge in [-0.25, -0.2) is 0 Å². The standard InChI is InChI=1S/C15H14INO2/c1-18-14-9-5-8-13(15(14)19-2)17-10-11-6-3-4-7-12(11)16/h3-10H,1-2H3. The molecule has 0 aliphatic carbocycles. The van der Waals surface area contributed by atoms with E-state index < -0.39 is 0 Å². The number of benzene rings is 2. The van der Waals surface area contributed by atoms with Crippen LogP contribution in [0.5, 0.6) is 11.5 Å². The Hall–Kier alpha value is -1.56. The highest BCUT2D eigenvalue weighted by Gasteiger charge is 2.07. The van der Waals surface area contributed by atoms with Crippen LogP contribution in [0.15, 0.2) is 47.5 Å². The van der Waals surface area contributed by atoms with Crippen molar-refractivity contribution in [2.24, 2.45) is 4.99 Å². The molecule has 0 unspecified atom stereocenters. The summed E-state index contributed by atoms with van der Waals surface area (Å²) < 4.78 is 11.8. The van der Waals surface area contributed by atoms with Crippen LogP contribution >= 0.6 is 22.6 Å². The number of hydrogen-bond acceptors (Lipinski definition) is 3. The molecule has 0 aliphatic rings. The lowest BCUT2D eigenvalue weighted by atomic mass is 10.2. The fourth-order valence-electron chi connectivity index (χ4n) is 1.69. The average molecular weight is 367 g/mol. The van der Waals surface area contributed by atoms with E-state index in [2.05, 4.69) is 27.6 Å². The normalized spacial score (nSPS) is 10.7. The third kappa shape index (κ3) is 3.26. The van der Waals surface area contributed by atoms with Crippen LogP contribution in [0.4, 0.5) is 5.69 Å². The molecule has 0 atom stereocenters. The third-order valence-corrected chi connectivity index (χ3v) is 3.61. The Morgan fingerprint density at radius 1 is 1.00 bits per heavy atom. The first kappa shape index (κ1) is 13.9. The SMILES string of the molecule is COc1cccc(N=Cc2ccccc2I)c1OC. The van der Waals surface area contributed by atoms with Crippen molar-refractivity contribution < 1.29 is 9.47 Å². The number of aliphatic imine (C=N–C) groups is 1. The maximum absolute atomic E-state index is 5.35. The van der Waals surface area contributed by atoms with Gasteiger partial charge in [0.15, 0.2) is 11.5 Å². The molecule has 0 heterocycles. The van der Waals surface area contributed by atoms with E-state index in [4.69, 9.17) is 9.47 Å².